The van der Waals surface area contributed by atoms with Gasteiger partial charge in [-0.2, -0.15) is 0 Å². The molecule has 132 valence electrons. The molecule has 26 heavy (non-hydrogen) atoms. The van der Waals surface area contributed by atoms with Crippen LogP contribution in [0.2, 0.25) is 0 Å². The van der Waals surface area contributed by atoms with E-state index in [1.165, 1.54) is 16.8 Å². The van der Waals surface area contributed by atoms with Gasteiger partial charge in [0, 0.05) is 30.8 Å². The van der Waals surface area contributed by atoms with Crippen molar-refractivity contribution in [2.24, 2.45) is 7.05 Å². The van der Waals surface area contributed by atoms with Gasteiger partial charge < -0.3 is 14.8 Å². The summed E-state index contributed by atoms with van der Waals surface area (Å²) in [6.45, 7) is 4.27. The molecule has 1 saturated heterocycles. The molecule has 1 aliphatic heterocycles. The summed E-state index contributed by atoms with van der Waals surface area (Å²) in [5.41, 5.74) is 5.84. The quantitative estimate of drug-likeness (QED) is 0.708. The maximum absolute atomic E-state index is 5.75. The van der Waals surface area contributed by atoms with Crippen molar-refractivity contribution in [1.29, 1.82) is 0 Å². The Bertz CT molecular complexity index is 948. The zero-order valence-corrected chi connectivity index (χ0v) is 16.0. The minimum absolute atomic E-state index is 0.00101. The molecule has 1 aromatic carbocycles. The second kappa shape index (κ2) is 6.57. The topological polar surface area (TPSA) is 33.1 Å². The molecule has 1 N–H and O–H groups in total. The van der Waals surface area contributed by atoms with Crippen LogP contribution in [0.15, 0.2) is 60.9 Å². The first kappa shape index (κ1) is 16.8. The molecule has 2 unspecified atom stereocenters. The highest BCUT2D eigenvalue weighted by atomic mass is 32.1. The summed E-state index contributed by atoms with van der Waals surface area (Å²) in [5.74, 6) is 0. The molecule has 3 heterocycles. The van der Waals surface area contributed by atoms with Crippen molar-refractivity contribution in [3.05, 3.63) is 83.4 Å². The molecule has 4 nitrogen and oxygen atoms in total. The molecule has 3 aromatic rings. The lowest BCUT2D eigenvalue weighted by Gasteiger charge is -2.28. The van der Waals surface area contributed by atoms with Crippen molar-refractivity contribution in [1.82, 2.24) is 14.9 Å². The van der Waals surface area contributed by atoms with Gasteiger partial charge in [0.25, 0.3) is 0 Å². The molecule has 0 radical (unpaired) electrons. The Labute approximate surface area is 159 Å². The standard InChI is InChI=1S/C21H22N4S/c1-14-9-10-16(13-15(14)2)25-20(18-8-6-12-24(18)3)19(23-21(25)26)17-7-4-5-11-22-17/h4-13,19-20H,1-3H3,(H,23,26). The number of aryl methyl sites for hydroxylation is 3. The molecule has 2 aromatic heterocycles. The molecule has 0 saturated carbocycles. The van der Waals surface area contributed by atoms with Gasteiger partial charge in [-0.3, -0.25) is 4.98 Å². The summed E-state index contributed by atoms with van der Waals surface area (Å²) in [7, 11) is 2.07. The van der Waals surface area contributed by atoms with E-state index in [-0.39, 0.29) is 12.1 Å². The van der Waals surface area contributed by atoms with E-state index in [1.807, 2.05) is 18.3 Å². The van der Waals surface area contributed by atoms with Gasteiger partial charge in [-0.25, -0.2) is 0 Å². The molecule has 2 atom stereocenters. The lowest BCUT2D eigenvalue weighted by atomic mass is 10.0. The first-order valence-corrected chi connectivity index (χ1v) is 9.16. The maximum atomic E-state index is 5.75. The van der Waals surface area contributed by atoms with Crippen LogP contribution in [0.4, 0.5) is 5.69 Å². The number of anilines is 1. The van der Waals surface area contributed by atoms with Crippen molar-refractivity contribution in [3.8, 4) is 0 Å². The van der Waals surface area contributed by atoms with Crippen molar-refractivity contribution in [3.63, 3.8) is 0 Å². The number of hydrogen-bond acceptors (Lipinski definition) is 2. The molecule has 4 rings (SSSR count). The number of pyridine rings is 1. The minimum atomic E-state index is -0.00101. The Morgan fingerprint density at radius 1 is 1.04 bits per heavy atom. The lowest BCUT2D eigenvalue weighted by Crippen LogP contribution is -2.30. The van der Waals surface area contributed by atoms with Crippen LogP contribution in [0.5, 0.6) is 0 Å². The molecular weight excluding hydrogens is 340 g/mol. The fourth-order valence-electron chi connectivity index (χ4n) is 3.59. The maximum Gasteiger partial charge on any atom is 0.174 e. The molecule has 1 fully saturated rings. The number of rotatable bonds is 3. The molecular formula is C21H22N4S. The first-order chi connectivity index (χ1) is 12.6. The second-order valence-electron chi connectivity index (χ2n) is 6.81. The van der Waals surface area contributed by atoms with E-state index in [2.05, 4.69) is 83.3 Å². The van der Waals surface area contributed by atoms with Crippen LogP contribution in [0, 0.1) is 13.8 Å². The number of nitrogens with zero attached hydrogens (tertiary/aromatic N) is 3. The first-order valence-electron chi connectivity index (χ1n) is 8.75. The Morgan fingerprint density at radius 2 is 1.88 bits per heavy atom. The highest BCUT2D eigenvalue weighted by Crippen LogP contribution is 2.41. The number of aromatic nitrogens is 2. The van der Waals surface area contributed by atoms with Crippen molar-refractivity contribution >= 4 is 23.0 Å². The number of thiocarbonyl (C=S) groups is 1. The van der Waals surface area contributed by atoms with Crippen molar-refractivity contribution in [2.45, 2.75) is 25.9 Å². The normalized spacial score (nSPS) is 19.7. The van der Waals surface area contributed by atoms with Gasteiger partial charge in [-0.05, 0) is 73.6 Å². The Balaban J connectivity index is 1.85. The summed E-state index contributed by atoms with van der Waals surface area (Å²) in [6.07, 6.45) is 3.91. The van der Waals surface area contributed by atoms with Gasteiger partial charge in [0.05, 0.1) is 11.7 Å². The fraction of sp³-hybridized carbons (Fsp3) is 0.238. The van der Waals surface area contributed by atoms with Crippen molar-refractivity contribution < 1.29 is 0 Å². The summed E-state index contributed by atoms with van der Waals surface area (Å²) >= 11 is 5.75. The third kappa shape index (κ3) is 2.78. The van der Waals surface area contributed by atoms with Gasteiger partial charge in [0.15, 0.2) is 5.11 Å². The van der Waals surface area contributed by atoms with Gasteiger partial charge in [0.2, 0.25) is 0 Å². The van der Waals surface area contributed by atoms with Gasteiger partial charge in [-0.1, -0.05) is 12.1 Å². The van der Waals surface area contributed by atoms with E-state index in [4.69, 9.17) is 12.2 Å². The molecule has 5 heteroatoms. The predicted octanol–water partition coefficient (Wildman–Crippen LogP) is 4.21. The van der Waals surface area contributed by atoms with Crippen LogP contribution in [0.25, 0.3) is 0 Å². The van der Waals surface area contributed by atoms with Gasteiger partial charge >= 0.3 is 0 Å². The largest absolute Gasteiger partial charge is 0.353 e. The lowest BCUT2D eigenvalue weighted by molar-refractivity contribution is 0.541. The predicted molar refractivity (Wildman–Crippen MR) is 109 cm³/mol. The van der Waals surface area contributed by atoms with Crippen molar-refractivity contribution in [2.75, 3.05) is 4.90 Å². The van der Waals surface area contributed by atoms with Gasteiger partial charge in [-0.15, -0.1) is 0 Å². The highest BCUT2D eigenvalue weighted by molar-refractivity contribution is 7.80. The molecule has 0 bridgehead atoms. The highest BCUT2D eigenvalue weighted by Gasteiger charge is 2.41. The van der Waals surface area contributed by atoms with Crippen LogP contribution in [0.3, 0.4) is 0 Å². The number of benzene rings is 1. The fourth-order valence-corrected chi connectivity index (χ4v) is 3.94. The molecule has 0 spiro atoms. The van der Waals surface area contributed by atoms with E-state index in [1.54, 1.807) is 0 Å². The summed E-state index contributed by atoms with van der Waals surface area (Å²) in [6, 6.07) is 16.8. The third-order valence-electron chi connectivity index (χ3n) is 5.15. The van der Waals surface area contributed by atoms with Crippen LogP contribution in [0.1, 0.15) is 34.6 Å². The van der Waals surface area contributed by atoms with E-state index >= 15 is 0 Å². The Hall–Kier alpha value is -2.66. The number of nitrogens with one attached hydrogen (secondary N) is 1. The van der Waals surface area contributed by atoms with Crippen LogP contribution >= 0.6 is 12.2 Å². The van der Waals surface area contributed by atoms with Crippen LogP contribution < -0.4 is 10.2 Å². The zero-order valence-electron chi connectivity index (χ0n) is 15.2. The van der Waals surface area contributed by atoms with E-state index in [0.29, 0.717) is 0 Å². The average molecular weight is 363 g/mol. The molecule has 0 aliphatic carbocycles. The Morgan fingerprint density at radius 3 is 2.54 bits per heavy atom. The third-order valence-corrected chi connectivity index (χ3v) is 5.47. The molecule has 0 amide bonds. The SMILES string of the molecule is Cc1ccc(N2C(=S)NC(c3ccccn3)C2c2cccn2C)cc1C. The smallest absolute Gasteiger partial charge is 0.174 e. The van der Waals surface area contributed by atoms with Crippen LogP contribution in [-0.4, -0.2) is 14.7 Å². The van der Waals surface area contributed by atoms with E-state index in [0.717, 1.165) is 16.5 Å². The summed E-state index contributed by atoms with van der Waals surface area (Å²) in [5, 5.41) is 4.23. The number of hydrogen-bond donors (Lipinski definition) is 1. The summed E-state index contributed by atoms with van der Waals surface area (Å²) < 4.78 is 2.16. The van der Waals surface area contributed by atoms with E-state index < -0.39 is 0 Å². The average Bonchev–Trinajstić information content (AvgIpc) is 3.21. The van der Waals surface area contributed by atoms with E-state index in [9.17, 15) is 0 Å². The zero-order chi connectivity index (χ0) is 18.3. The monoisotopic (exact) mass is 362 g/mol. The summed E-state index contributed by atoms with van der Waals surface area (Å²) in [4.78, 5) is 6.81. The van der Waals surface area contributed by atoms with Crippen LogP contribution in [-0.2, 0) is 7.05 Å². The minimum Gasteiger partial charge on any atom is -0.353 e. The second-order valence-corrected chi connectivity index (χ2v) is 7.20. The molecule has 1 aliphatic rings. The van der Waals surface area contributed by atoms with Gasteiger partial charge in [0.1, 0.15) is 6.04 Å². The Kier molecular flexibility index (Phi) is 4.24.